The van der Waals surface area contributed by atoms with Crippen LogP contribution in [0, 0.1) is 0 Å². The molecule has 0 unspecified atom stereocenters. The van der Waals surface area contributed by atoms with Crippen LogP contribution < -0.4 is 4.52 Å². The molecule has 2 N–H and O–H groups in total. The van der Waals surface area contributed by atoms with E-state index >= 15 is 0 Å². The number of rotatable bonds is 8. The lowest BCUT2D eigenvalue weighted by Crippen LogP contribution is -1.91. The first-order valence-corrected chi connectivity index (χ1v) is 7.88. The molecule has 0 bridgehead atoms. The van der Waals surface area contributed by atoms with E-state index in [4.69, 9.17) is 9.79 Å². The van der Waals surface area contributed by atoms with Crippen LogP contribution in [0.2, 0.25) is 0 Å². The Kier molecular flexibility index (Phi) is 6.41. The summed E-state index contributed by atoms with van der Waals surface area (Å²) in [6, 6.07) is 6.90. The molecular weight excluding hydrogens is 251 g/mol. The first-order valence-electron chi connectivity index (χ1n) is 6.35. The second-order valence-electron chi connectivity index (χ2n) is 4.39. The monoisotopic (exact) mass is 272 g/mol. The minimum atomic E-state index is -4.44. The van der Waals surface area contributed by atoms with Crippen molar-refractivity contribution >= 4 is 7.82 Å². The summed E-state index contributed by atoms with van der Waals surface area (Å²) in [4.78, 5) is 17.3. The van der Waals surface area contributed by atoms with Gasteiger partial charge in [0.15, 0.2) is 0 Å². The molecule has 0 aliphatic heterocycles. The van der Waals surface area contributed by atoms with Crippen molar-refractivity contribution in [1.29, 1.82) is 0 Å². The predicted molar refractivity (Wildman–Crippen MR) is 71.6 cm³/mol. The van der Waals surface area contributed by atoms with Crippen LogP contribution in [0.15, 0.2) is 24.3 Å². The van der Waals surface area contributed by atoms with Crippen molar-refractivity contribution in [2.24, 2.45) is 0 Å². The van der Waals surface area contributed by atoms with Gasteiger partial charge in [-0.25, -0.2) is 4.57 Å². The van der Waals surface area contributed by atoms with Gasteiger partial charge in [-0.1, -0.05) is 44.7 Å². The SMILES string of the molecule is CCCCCCCc1ccc(OP(=O)(O)O)cc1. The van der Waals surface area contributed by atoms with Crippen LogP contribution in [0.5, 0.6) is 5.75 Å². The largest absolute Gasteiger partial charge is 0.524 e. The zero-order valence-electron chi connectivity index (χ0n) is 10.7. The Hall–Kier alpha value is -0.830. The lowest BCUT2D eigenvalue weighted by molar-refractivity contribution is 0.283. The van der Waals surface area contributed by atoms with Crippen molar-refractivity contribution < 1.29 is 18.9 Å². The third kappa shape index (κ3) is 6.80. The molecule has 1 rings (SSSR count). The first-order chi connectivity index (χ1) is 8.51. The topological polar surface area (TPSA) is 66.8 Å². The van der Waals surface area contributed by atoms with E-state index in [1.807, 2.05) is 12.1 Å². The Balaban J connectivity index is 2.34. The summed E-state index contributed by atoms with van der Waals surface area (Å²) in [7, 11) is -4.44. The molecule has 1 aromatic rings. The first kappa shape index (κ1) is 15.2. The summed E-state index contributed by atoms with van der Waals surface area (Å²) < 4.78 is 15.1. The van der Waals surface area contributed by atoms with Gasteiger partial charge >= 0.3 is 7.82 Å². The summed E-state index contributed by atoms with van der Waals surface area (Å²) in [5, 5.41) is 0. The maximum absolute atomic E-state index is 10.6. The van der Waals surface area contributed by atoms with E-state index in [-0.39, 0.29) is 5.75 Å². The highest BCUT2D eigenvalue weighted by Gasteiger charge is 2.15. The maximum Gasteiger partial charge on any atom is 0.524 e. The molecule has 1 aromatic carbocycles. The average Bonchev–Trinajstić information content (AvgIpc) is 2.29. The number of hydrogen-bond acceptors (Lipinski definition) is 2. The molecule has 0 fully saturated rings. The maximum atomic E-state index is 10.6. The standard InChI is InChI=1S/C13H21O4P/c1-2-3-4-5-6-7-12-8-10-13(11-9-12)17-18(14,15)16/h8-11H,2-7H2,1H3,(H2,14,15,16). The molecule has 0 saturated carbocycles. The second kappa shape index (κ2) is 7.57. The fourth-order valence-corrected chi connectivity index (χ4v) is 2.18. The van der Waals surface area contributed by atoms with E-state index in [0.29, 0.717) is 0 Å². The van der Waals surface area contributed by atoms with Crippen molar-refractivity contribution in [3.8, 4) is 5.75 Å². The molecule has 0 aliphatic rings. The summed E-state index contributed by atoms with van der Waals surface area (Å²) >= 11 is 0. The quantitative estimate of drug-likeness (QED) is 0.559. The van der Waals surface area contributed by atoms with Crippen molar-refractivity contribution in [2.45, 2.75) is 45.4 Å². The van der Waals surface area contributed by atoms with Crippen LogP contribution in [0.3, 0.4) is 0 Å². The van der Waals surface area contributed by atoms with Crippen molar-refractivity contribution in [2.75, 3.05) is 0 Å². The summed E-state index contributed by atoms with van der Waals surface area (Å²) in [5.74, 6) is 0.207. The highest BCUT2D eigenvalue weighted by molar-refractivity contribution is 7.46. The van der Waals surface area contributed by atoms with E-state index < -0.39 is 7.82 Å². The molecule has 0 atom stereocenters. The minimum Gasteiger partial charge on any atom is -0.404 e. The van der Waals surface area contributed by atoms with Crippen LogP contribution in [-0.2, 0) is 11.0 Å². The van der Waals surface area contributed by atoms with E-state index in [2.05, 4.69) is 11.4 Å². The Morgan fingerprint density at radius 2 is 1.67 bits per heavy atom. The van der Waals surface area contributed by atoms with Gasteiger partial charge in [-0.2, -0.15) is 0 Å². The average molecular weight is 272 g/mol. The molecule has 0 amide bonds. The van der Waals surface area contributed by atoms with Gasteiger partial charge in [0.1, 0.15) is 5.75 Å². The Labute approximate surface area is 108 Å². The van der Waals surface area contributed by atoms with E-state index in [1.165, 1.54) is 31.2 Å². The smallest absolute Gasteiger partial charge is 0.404 e. The molecule has 102 valence electrons. The van der Waals surface area contributed by atoms with E-state index in [9.17, 15) is 4.57 Å². The van der Waals surface area contributed by atoms with Crippen LogP contribution in [0.4, 0.5) is 0 Å². The molecule has 0 aliphatic carbocycles. The number of phosphoric acid groups is 1. The zero-order chi connectivity index (χ0) is 13.4. The number of phosphoric ester groups is 1. The minimum absolute atomic E-state index is 0.207. The van der Waals surface area contributed by atoms with Gasteiger partial charge in [-0.05, 0) is 30.5 Å². The van der Waals surface area contributed by atoms with Gasteiger partial charge in [-0.15, -0.1) is 0 Å². The van der Waals surface area contributed by atoms with Crippen LogP contribution >= 0.6 is 7.82 Å². The highest BCUT2D eigenvalue weighted by Crippen LogP contribution is 2.37. The molecule has 5 heteroatoms. The fraction of sp³-hybridized carbons (Fsp3) is 0.538. The third-order valence-corrected chi connectivity index (χ3v) is 3.17. The van der Waals surface area contributed by atoms with Gasteiger partial charge in [0.2, 0.25) is 0 Å². The molecule has 18 heavy (non-hydrogen) atoms. The number of unbranched alkanes of at least 4 members (excludes halogenated alkanes) is 4. The summed E-state index contributed by atoms with van der Waals surface area (Å²) in [5.41, 5.74) is 1.17. The number of benzene rings is 1. The normalized spacial score (nSPS) is 11.5. The van der Waals surface area contributed by atoms with Gasteiger partial charge in [0.25, 0.3) is 0 Å². The summed E-state index contributed by atoms with van der Waals surface area (Å²) in [6.45, 7) is 2.19. The molecule has 4 nitrogen and oxygen atoms in total. The van der Waals surface area contributed by atoms with Crippen molar-refractivity contribution in [3.05, 3.63) is 29.8 Å². The lowest BCUT2D eigenvalue weighted by atomic mass is 10.1. The fourth-order valence-electron chi connectivity index (χ4n) is 1.79. The van der Waals surface area contributed by atoms with Crippen LogP contribution in [0.25, 0.3) is 0 Å². The molecule has 0 spiro atoms. The molecule has 0 aromatic heterocycles. The second-order valence-corrected chi connectivity index (χ2v) is 5.55. The molecule has 0 saturated heterocycles. The van der Waals surface area contributed by atoms with Gasteiger partial charge in [-0.3, -0.25) is 9.79 Å². The van der Waals surface area contributed by atoms with Crippen LogP contribution in [0.1, 0.15) is 44.6 Å². The molecule has 0 radical (unpaired) electrons. The van der Waals surface area contributed by atoms with E-state index in [1.54, 1.807) is 12.1 Å². The van der Waals surface area contributed by atoms with Gasteiger partial charge in [0, 0.05) is 0 Å². The van der Waals surface area contributed by atoms with Crippen molar-refractivity contribution in [1.82, 2.24) is 0 Å². The van der Waals surface area contributed by atoms with Crippen molar-refractivity contribution in [3.63, 3.8) is 0 Å². The van der Waals surface area contributed by atoms with Gasteiger partial charge in [0.05, 0.1) is 0 Å². The van der Waals surface area contributed by atoms with E-state index in [0.717, 1.165) is 12.8 Å². The third-order valence-electron chi connectivity index (χ3n) is 2.72. The lowest BCUT2D eigenvalue weighted by Gasteiger charge is -2.07. The number of hydrogen-bond donors (Lipinski definition) is 2. The summed E-state index contributed by atoms with van der Waals surface area (Å²) in [6.07, 6.45) is 7.19. The Morgan fingerprint density at radius 1 is 1.06 bits per heavy atom. The molecule has 0 heterocycles. The van der Waals surface area contributed by atoms with Gasteiger partial charge < -0.3 is 4.52 Å². The van der Waals surface area contributed by atoms with Crippen LogP contribution in [-0.4, -0.2) is 9.79 Å². The zero-order valence-corrected chi connectivity index (χ0v) is 11.6. The Morgan fingerprint density at radius 3 is 2.22 bits per heavy atom. The Bertz CT molecular complexity index is 382. The molecular formula is C13H21O4P. The highest BCUT2D eigenvalue weighted by atomic mass is 31.2. The number of aryl methyl sites for hydroxylation is 1. The predicted octanol–water partition coefficient (Wildman–Crippen LogP) is 3.67.